The molecule has 0 spiro atoms. The Morgan fingerprint density at radius 2 is 1.08 bits per heavy atom. The van der Waals surface area contributed by atoms with E-state index in [1.165, 1.54) is 17.7 Å². The maximum absolute atomic E-state index is 15.0. The third kappa shape index (κ3) is 10.8. The van der Waals surface area contributed by atoms with E-state index in [0.29, 0.717) is 56.9 Å². The number of rotatable bonds is 12. The van der Waals surface area contributed by atoms with Gasteiger partial charge in [-0.2, -0.15) is 0 Å². The molecule has 6 N–H and O–H groups in total. The Morgan fingerprint density at radius 3 is 1.51 bits per heavy atom. The molecule has 16 nitrogen and oxygen atoms in total. The maximum Gasteiger partial charge on any atom is 0.229 e. The number of pyridine rings is 2. The van der Waals surface area contributed by atoms with Crippen LogP contribution in [0.2, 0.25) is 0 Å². The summed E-state index contributed by atoms with van der Waals surface area (Å²) in [6.07, 6.45) is 7.96. The summed E-state index contributed by atoms with van der Waals surface area (Å²) < 4.78 is 63.7. The molecule has 0 bridgehead atoms. The zero-order valence-electron chi connectivity index (χ0n) is 41.9. The molecule has 2 aliphatic heterocycles. The van der Waals surface area contributed by atoms with Crippen LogP contribution < -0.4 is 22.1 Å². The van der Waals surface area contributed by atoms with E-state index in [0.717, 1.165) is 119 Å². The van der Waals surface area contributed by atoms with Gasteiger partial charge in [0.1, 0.15) is 45.7 Å². The molecule has 4 aliphatic rings. The second-order valence-corrected chi connectivity index (χ2v) is 20.7. The SMILES string of the molecule is Cc1nc2c(F)cc(-c3nc(Nc4ccc5c(n4)CCN(CC(C)(C)N)C5)ncc3F)cc2n1C1CC1.Cc1nc2c(F)cc(-c3nc(Nc4ccc5c(n4)CCN(C[C@@H](C)N)C5)ncc3F)cc2n1C1CC1.Cl. The van der Waals surface area contributed by atoms with Crippen molar-refractivity contribution in [2.75, 3.05) is 36.8 Å². The molecule has 74 heavy (non-hydrogen) atoms. The van der Waals surface area contributed by atoms with Gasteiger partial charge in [-0.3, -0.25) is 9.80 Å². The summed E-state index contributed by atoms with van der Waals surface area (Å²) in [5.74, 6) is 0.822. The lowest BCUT2D eigenvalue weighted by Gasteiger charge is -2.33. The van der Waals surface area contributed by atoms with Crippen molar-refractivity contribution in [1.29, 1.82) is 0 Å². The van der Waals surface area contributed by atoms with Crippen LogP contribution in [-0.2, 0) is 25.9 Å². The van der Waals surface area contributed by atoms with Crippen LogP contribution in [0.4, 0.5) is 41.1 Å². The first-order valence-corrected chi connectivity index (χ1v) is 24.9. The predicted octanol–water partition coefficient (Wildman–Crippen LogP) is 9.33. The van der Waals surface area contributed by atoms with E-state index < -0.39 is 23.3 Å². The third-order valence-electron chi connectivity index (χ3n) is 13.6. The van der Waals surface area contributed by atoms with Gasteiger partial charge in [0.15, 0.2) is 23.3 Å². The van der Waals surface area contributed by atoms with E-state index in [4.69, 9.17) is 21.4 Å². The summed E-state index contributed by atoms with van der Waals surface area (Å²) in [6.45, 7) is 14.8. The quantitative estimate of drug-likeness (QED) is 0.0845. The summed E-state index contributed by atoms with van der Waals surface area (Å²) in [5, 5.41) is 6.18. The molecule has 1 atom stereocenters. The molecule has 0 radical (unpaired) electrons. The Kier molecular flexibility index (Phi) is 13.9. The molecule has 2 aliphatic carbocycles. The molecule has 2 aromatic carbocycles. The monoisotopic (exact) mass is 1030 g/mol. The number of nitrogens with one attached hydrogen (secondary N) is 2. The van der Waals surface area contributed by atoms with E-state index in [9.17, 15) is 17.6 Å². The highest BCUT2D eigenvalue weighted by molar-refractivity contribution is 5.86. The number of nitrogens with two attached hydrogens (primary N) is 2. The van der Waals surface area contributed by atoms with Gasteiger partial charge in [-0.1, -0.05) is 12.1 Å². The van der Waals surface area contributed by atoms with Crippen molar-refractivity contribution in [3.63, 3.8) is 0 Å². The first kappa shape index (κ1) is 50.8. The Balaban J connectivity index is 0.000000167. The fourth-order valence-electron chi connectivity index (χ4n) is 10.2. The van der Waals surface area contributed by atoms with E-state index in [-0.39, 0.29) is 47.3 Å². The van der Waals surface area contributed by atoms with Crippen LogP contribution in [0, 0.1) is 37.1 Å². The molecule has 12 rings (SSSR count). The molecular formula is C53H59ClF4N16. The zero-order valence-corrected chi connectivity index (χ0v) is 42.7. The zero-order chi connectivity index (χ0) is 50.9. The first-order chi connectivity index (χ1) is 35.0. The van der Waals surface area contributed by atoms with E-state index in [2.05, 4.69) is 50.3 Å². The van der Waals surface area contributed by atoms with Crippen LogP contribution in [0.3, 0.4) is 0 Å². The van der Waals surface area contributed by atoms with Gasteiger partial charge < -0.3 is 31.2 Å². The molecule has 0 unspecified atom stereocenters. The van der Waals surface area contributed by atoms with Gasteiger partial charge in [0.25, 0.3) is 0 Å². The molecule has 8 aromatic rings. The minimum absolute atomic E-state index is 0. The molecule has 0 saturated heterocycles. The number of halogens is 5. The molecule has 2 saturated carbocycles. The van der Waals surface area contributed by atoms with Crippen molar-refractivity contribution in [2.24, 2.45) is 11.5 Å². The number of aryl methyl sites for hydroxylation is 2. The number of fused-ring (bicyclic) bond motifs is 4. The fraction of sp³-hybridized carbons (Fsp3) is 0.396. The van der Waals surface area contributed by atoms with Gasteiger partial charge in [0, 0.05) is 98.3 Å². The van der Waals surface area contributed by atoms with Crippen LogP contribution in [0.15, 0.2) is 60.9 Å². The van der Waals surface area contributed by atoms with Gasteiger partial charge in [0.05, 0.1) is 23.4 Å². The molecule has 0 amide bonds. The van der Waals surface area contributed by atoms with E-state index >= 15 is 0 Å². The van der Waals surface area contributed by atoms with Gasteiger partial charge in [-0.25, -0.2) is 57.4 Å². The van der Waals surface area contributed by atoms with Crippen molar-refractivity contribution in [3.05, 3.63) is 118 Å². The highest BCUT2D eigenvalue weighted by Gasteiger charge is 2.30. The summed E-state index contributed by atoms with van der Waals surface area (Å²) in [5.41, 5.74) is 18.9. The lowest BCUT2D eigenvalue weighted by molar-refractivity contribution is 0.208. The lowest BCUT2D eigenvalue weighted by atomic mass is 10.0. The second-order valence-electron chi connectivity index (χ2n) is 20.7. The van der Waals surface area contributed by atoms with Gasteiger partial charge in [-0.05, 0) is 108 Å². The molecule has 6 aromatic heterocycles. The molecular weight excluding hydrogens is 972 g/mol. The average Bonchev–Trinajstić information content (AvgIpc) is 4.29. The van der Waals surface area contributed by atoms with Crippen molar-refractivity contribution < 1.29 is 17.6 Å². The van der Waals surface area contributed by atoms with E-state index in [1.807, 2.05) is 68.0 Å². The number of imidazole rings is 2. The van der Waals surface area contributed by atoms with Crippen LogP contribution in [0.5, 0.6) is 0 Å². The summed E-state index contributed by atoms with van der Waals surface area (Å²) in [6, 6.07) is 14.6. The first-order valence-electron chi connectivity index (χ1n) is 24.9. The van der Waals surface area contributed by atoms with Crippen LogP contribution in [0.25, 0.3) is 44.6 Å². The summed E-state index contributed by atoms with van der Waals surface area (Å²) in [4.78, 5) is 39.9. The van der Waals surface area contributed by atoms with Crippen molar-refractivity contribution in [2.45, 2.75) is 110 Å². The Morgan fingerprint density at radius 1 is 0.635 bits per heavy atom. The Hall–Kier alpha value is -6.71. The Labute approximate surface area is 431 Å². The van der Waals surface area contributed by atoms with Crippen LogP contribution in [0.1, 0.15) is 92.7 Å². The molecule has 386 valence electrons. The number of aromatic nitrogens is 10. The summed E-state index contributed by atoms with van der Waals surface area (Å²) >= 11 is 0. The highest BCUT2D eigenvalue weighted by Crippen LogP contribution is 2.41. The minimum atomic E-state index is -0.625. The number of benzene rings is 2. The lowest BCUT2D eigenvalue weighted by Crippen LogP contribution is -2.46. The largest absolute Gasteiger partial charge is 0.327 e. The fourth-order valence-corrected chi connectivity index (χ4v) is 10.2. The number of nitrogens with zero attached hydrogens (tertiary/aromatic N) is 12. The van der Waals surface area contributed by atoms with Crippen molar-refractivity contribution in [3.8, 4) is 22.5 Å². The number of anilines is 4. The normalized spacial score (nSPS) is 16.3. The third-order valence-corrected chi connectivity index (χ3v) is 13.6. The van der Waals surface area contributed by atoms with Crippen LogP contribution in [-0.4, -0.2) is 96.6 Å². The molecule has 8 heterocycles. The van der Waals surface area contributed by atoms with E-state index in [1.54, 1.807) is 12.1 Å². The van der Waals surface area contributed by atoms with Gasteiger partial charge in [-0.15, -0.1) is 12.4 Å². The second kappa shape index (κ2) is 20.2. The average molecular weight is 1030 g/mol. The minimum Gasteiger partial charge on any atom is -0.327 e. The van der Waals surface area contributed by atoms with Crippen LogP contribution >= 0.6 is 12.4 Å². The standard InChI is InChI=1S/C27H30F2N8.C26H28F2N8.ClH/c1-15-32-25-19(28)10-17(11-22(25)37(15)18-5-6-18)24-20(29)12-31-26(35-24)34-23-7-4-16-13-36(14-27(2,3)30)9-8-21(16)33-23;1-14(29)12-35-8-7-21-16(13-35)3-6-23(32-21)33-26-30-11-20(28)24(34-26)17-9-19(27)25-22(10-17)36(15(2)31-25)18-4-5-18;/h4,7,10-12,18H,5-6,8-9,13-14,30H2,1-3H3,(H,31,33,34,35);3,6,9-11,14,18H,4-5,7-8,12-13,29H2,1-2H3,(H,30,32,33,34);1H/t;14-;/m.1./s1. The van der Waals surface area contributed by atoms with Gasteiger partial charge in [0.2, 0.25) is 11.9 Å². The maximum atomic E-state index is 15.0. The van der Waals surface area contributed by atoms with Gasteiger partial charge >= 0.3 is 0 Å². The summed E-state index contributed by atoms with van der Waals surface area (Å²) in [7, 11) is 0. The predicted molar refractivity (Wildman–Crippen MR) is 280 cm³/mol. The highest BCUT2D eigenvalue weighted by atomic mass is 35.5. The smallest absolute Gasteiger partial charge is 0.229 e. The Bertz CT molecular complexity index is 3420. The molecule has 21 heteroatoms. The number of hydrogen-bond donors (Lipinski definition) is 4. The molecule has 2 fully saturated rings. The number of hydrogen-bond acceptors (Lipinski definition) is 14. The van der Waals surface area contributed by atoms with Crippen molar-refractivity contribution in [1.82, 2.24) is 58.8 Å². The topological polar surface area (TPSA) is 196 Å². The van der Waals surface area contributed by atoms with Crippen molar-refractivity contribution >= 4 is 58.0 Å².